The van der Waals surface area contributed by atoms with Gasteiger partial charge in [-0.3, -0.25) is 4.79 Å². The Morgan fingerprint density at radius 3 is 2.50 bits per heavy atom. The summed E-state index contributed by atoms with van der Waals surface area (Å²) in [6.07, 6.45) is 0. The number of aromatic nitrogens is 1. The first-order chi connectivity index (χ1) is 9.56. The Bertz CT molecular complexity index is 687. The van der Waals surface area contributed by atoms with Crippen LogP contribution >= 0.6 is 0 Å². The minimum atomic E-state index is -0.577. The third-order valence-electron chi connectivity index (χ3n) is 3.21. The topological polar surface area (TPSA) is 48.3 Å². The molecule has 104 valence electrons. The molecule has 2 aromatic rings. The van der Waals surface area contributed by atoms with Crippen molar-refractivity contribution in [1.82, 2.24) is 4.57 Å². The molecule has 20 heavy (non-hydrogen) atoms. The summed E-state index contributed by atoms with van der Waals surface area (Å²) >= 11 is 0. The third-order valence-corrected chi connectivity index (χ3v) is 3.21. The molecule has 0 aliphatic rings. The van der Waals surface area contributed by atoms with Crippen LogP contribution in [0.3, 0.4) is 0 Å². The van der Waals surface area contributed by atoms with Gasteiger partial charge in [-0.15, -0.1) is 0 Å². The van der Waals surface area contributed by atoms with Gasteiger partial charge in [-0.25, -0.2) is 4.79 Å². The zero-order valence-electron chi connectivity index (χ0n) is 11.8. The number of ether oxygens (including phenoxy) is 1. The SMILES string of the molecule is CCOC(=O)c1c(-c2ccccc2)n(C)c(C)cc1=O. The summed E-state index contributed by atoms with van der Waals surface area (Å²) in [5.74, 6) is -0.577. The fraction of sp³-hybridized carbons (Fsp3) is 0.250. The number of nitrogens with zero attached hydrogens (tertiary/aromatic N) is 1. The van der Waals surface area contributed by atoms with Crippen molar-refractivity contribution in [3.8, 4) is 11.3 Å². The summed E-state index contributed by atoms with van der Waals surface area (Å²) in [7, 11) is 1.83. The van der Waals surface area contributed by atoms with Crippen LogP contribution in [-0.4, -0.2) is 17.1 Å². The number of hydrogen-bond acceptors (Lipinski definition) is 3. The van der Waals surface area contributed by atoms with Crippen LogP contribution in [0.25, 0.3) is 11.3 Å². The lowest BCUT2D eigenvalue weighted by atomic mass is 10.0. The smallest absolute Gasteiger partial charge is 0.344 e. The van der Waals surface area contributed by atoms with Gasteiger partial charge in [-0.05, 0) is 19.4 Å². The van der Waals surface area contributed by atoms with E-state index in [0.29, 0.717) is 5.69 Å². The first-order valence-corrected chi connectivity index (χ1v) is 6.49. The molecule has 0 aliphatic carbocycles. The van der Waals surface area contributed by atoms with E-state index >= 15 is 0 Å². The highest BCUT2D eigenvalue weighted by atomic mass is 16.5. The van der Waals surface area contributed by atoms with E-state index in [4.69, 9.17) is 4.74 Å². The average molecular weight is 271 g/mol. The van der Waals surface area contributed by atoms with E-state index in [1.54, 1.807) is 6.92 Å². The van der Waals surface area contributed by atoms with E-state index in [2.05, 4.69) is 0 Å². The maximum Gasteiger partial charge on any atom is 0.344 e. The van der Waals surface area contributed by atoms with Gasteiger partial charge < -0.3 is 9.30 Å². The van der Waals surface area contributed by atoms with E-state index in [9.17, 15) is 9.59 Å². The highest BCUT2D eigenvalue weighted by Gasteiger charge is 2.21. The molecule has 0 aliphatic heterocycles. The van der Waals surface area contributed by atoms with Crippen molar-refractivity contribution in [2.45, 2.75) is 13.8 Å². The number of hydrogen-bond donors (Lipinski definition) is 0. The minimum absolute atomic E-state index is 0.0890. The van der Waals surface area contributed by atoms with Crippen LogP contribution in [0.4, 0.5) is 0 Å². The van der Waals surface area contributed by atoms with Crippen LogP contribution in [0, 0.1) is 6.92 Å². The number of esters is 1. The summed E-state index contributed by atoms with van der Waals surface area (Å²) in [5.41, 5.74) is 1.99. The highest BCUT2D eigenvalue weighted by molar-refractivity contribution is 5.96. The first-order valence-electron chi connectivity index (χ1n) is 6.49. The van der Waals surface area contributed by atoms with Crippen LogP contribution in [-0.2, 0) is 11.8 Å². The van der Waals surface area contributed by atoms with Crippen molar-refractivity contribution in [2.75, 3.05) is 6.61 Å². The molecular formula is C16H17NO3. The van der Waals surface area contributed by atoms with Crippen molar-refractivity contribution in [3.63, 3.8) is 0 Å². The molecule has 0 spiro atoms. The number of rotatable bonds is 3. The predicted octanol–water partition coefficient (Wildman–Crippen LogP) is 2.54. The predicted molar refractivity (Wildman–Crippen MR) is 77.8 cm³/mol. The molecular weight excluding hydrogens is 254 g/mol. The van der Waals surface area contributed by atoms with Crippen LogP contribution < -0.4 is 5.43 Å². The van der Waals surface area contributed by atoms with Gasteiger partial charge in [0.1, 0.15) is 5.56 Å². The second-order valence-corrected chi connectivity index (χ2v) is 4.52. The fourth-order valence-corrected chi connectivity index (χ4v) is 2.15. The Hall–Kier alpha value is -2.36. The molecule has 0 unspecified atom stereocenters. The maximum absolute atomic E-state index is 12.2. The molecule has 0 atom stereocenters. The molecule has 1 aromatic heterocycles. The summed E-state index contributed by atoms with van der Waals surface area (Å²) in [4.78, 5) is 24.3. The van der Waals surface area contributed by atoms with Gasteiger partial charge in [-0.1, -0.05) is 30.3 Å². The van der Waals surface area contributed by atoms with Gasteiger partial charge in [-0.2, -0.15) is 0 Å². The molecule has 1 aromatic carbocycles. The normalized spacial score (nSPS) is 10.3. The molecule has 0 radical (unpaired) electrons. The lowest BCUT2D eigenvalue weighted by Gasteiger charge is -2.16. The number of pyridine rings is 1. The van der Waals surface area contributed by atoms with E-state index in [1.807, 2.05) is 48.9 Å². The lowest BCUT2D eigenvalue weighted by molar-refractivity contribution is 0.0525. The summed E-state index contributed by atoms with van der Waals surface area (Å²) in [6.45, 7) is 3.80. The van der Waals surface area contributed by atoms with Crippen LogP contribution in [0.2, 0.25) is 0 Å². The number of aryl methyl sites for hydroxylation is 1. The van der Waals surface area contributed by atoms with Crippen molar-refractivity contribution >= 4 is 5.97 Å². The second kappa shape index (κ2) is 5.74. The third kappa shape index (κ3) is 2.50. The summed E-state index contributed by atoms with van der Waals surface area (Å²) < 4.78 is 6.85. The van der Waals surface area contributed by atoms with E-state index in [-0.39, 0.29) is 17.6 Å². The number of benzene rings is 1. The van der Waals surface area contributed by atoms with Gasteiger partial charge in [0.05, 0.1) is 12.3 Å². The molecule has 0 N–H and O–H groups in total. The van der Waals surface area contributed by atoms with Crippen molar-refractivity contribution < 1.29 is 9.53 Å². The monoisotopic (exact) mass is 271 g/mol. The highest BCUT2D eigenvalue weighted by Crippen LogP contribution is 2.22. The minimum Gasteiger partial charge on any atom is -0.462 e. The molecule has 4 nitrogen and oxygen atoms in total. The van der Waals surface area contributed by atoms with Crippen LogP contribution in [0.5, 0.6) is 0 Å². The van der Waals surface area contributed by atoms with Crippen molar-refractivity contribution in [2.24, 2.45) is 7.05 Å². The van der Waals surface area contributed by atoms with Gasteiger partial charge >= 0.3 is 5.97 Å². The largest absolute Gasteiger partial charge is 0.462 e. The molecule has 0 bridgehead atoms. The van der Waals surface area contributed by atoms with Crippen molar-refractivity contribution in [3.05, 3.63) is 57.9 Å². The average Bonchev–Trinajstić information content (AvgIpc) is 2.43. The Labute approximate surface area is 117 Å². The Morgan fingerprint density at radius 2 is 1.90 bits per heavy atom. The molecule has 0 saturated heterocycles. The Morgan fingerprint density at radius 1 is 1.25 bits per heavy atom. The zero-order chi connectivity index (χ0) is 14.7. The van der Waals surface area contributed by atoms with Gasteiger partial charge in [0, 0.05) is 18.8 Å². The van der Waals surface area contributed by atoms with Crippen LogP contribution in [0.1, 0.15) is 23.0 Å². The van der Waals surface area contributed by atoms with E-state index in [0.717, 1.165) is 11.3 Å². The first kappa shape index (κ1) is 14.1. The van der Waals surface area contributed by atoms with Crippen LogP contribution in [0.15, 0.2) is 41.2 Å². The quantitative estimate of drug-likeness (QED) is 0.806. The van der Waals surface area contributed by atoms with Gasteiger partial charge in [0.15, 0.2) is 5.43 Å². The zero-order valence-corrected chi connectivity index (χ0v) is 11.8. The molecule has 4 heteroatoms. The Balaban J connectivity index is 2.77. The fourth-order valence-electron chi connectivity index (χ4n) is 2.15. The molecule has 2 rings (SSSR count). The molecule has 0 amide bonds. The maximum atomic E-state index is 12.2. The summed E-state index contributed by atoms with van der Waals surface area (Å²) in [6, 6.07) is 10.8. The lowest BCUT2D eigenvalue weighted by Crippen LogP contribution is -2.23. The summed E-state index contributed by atoms with van der Waals surface area (Å²) in [5, 5.41) is 0. The van der Waals surface area contributed by atoms with Crippen molar-refractivity contribution in [1.29, 1.82) is 0 Å². The molecule has 0 saturated carbocycles. The molecule has 1 heterocycles. The van der Waals surface area contributed by atoms with Gasteiger partial charge in [0.25, 0.3) is 0 Å². The number of carbonyl (C=O) groups is 1. The number of carbonyl (C=O) groups excluding carboxylic acids is 1. The second-order valence-electron chi connectivity index (χ2n) is 4.52. The van der Waals surface area contributed by atoms with E-state index < -0.39 is 5.97 Å². The van der Waals surface area contributed by atoms with E-state index in [1.165, 1.54) is 6.07 Å². The van der Waals surface area contributed by atoms with Gasteiger partial charge in [0.2, 0.25) is 0 Å². The standard InChI is InChI=1S/C16H17NO3/c1-4-20-16(19)14-13(18)10-11(2)17(3)15(14)12-8-6-5-7-9-12/h5-10H,4H2,1-3H3. The molecule has 0 fully saturated rings. The Kier molecular flexibility index (Phi) is 4.03.